The lowest BCUT2D eigenvalue weighted by Gasteiger charge is -1.94. The molecule has 4 rings (SSSR count). The van der Waals surface area contributed by atoms with E-state index in [0.717, 1.165) is 10.9 Å². The van der Waals surface area contributed by atoms with E-state index in [2.05, 4.69) is 35.8 Å². The van der Waals surface area contributed by atoms with Gasteiger partial charge >= 0.3 is 0 Å². The molecule has 3 aromatic rings. The van der Waals surface area contributed by atoms with E-state index in [0.29, 0.717) is 16.7 Å². The number of hydrogen-bond acceptors (Lipinski definition) is 7. The summed E-state index contributed by atoms with van der Waals surface area (Å²) in [6.45, 7) is 0. The SMILES string of the molecule is c1cc2nnnn2nc1Sc1n[nH]c(C2CC2)n1. The van der Waals surface area contributed by atoms with Gasteiger partial charge in [0.1, 0.15) is 10.9 Å². The van der Waals surface area contributed by atoms with Crippen LogP contribution in [0.15, 0.2) is 22.3 Å². The van der Waals surface area contributed by atoms with Gasteiger partial charge in [0.25, 0.3) is 0 Å². The Morgan fingerprint density at radius 1 is 1.33 bits per heavy atom. The third-order valence-corrected chi connectivity index (χ3v) is 3.48. The van der Waals surface area contributed by atoms with Crippen molar-refractivity contribution in [2.75, 3.05) is 0 Å². The second-order valence-corrected chi connectivity index (χ2v) is 5.07. The van der Waals surface area contributed by atoms with E-state index in [4.69, 9.17) is 0 Å². The van der Waals surface area contributed by atoms with Crippen LogP contribution in [0.2, 0.25) is 0 Å². The Morgan fingerprint density at radius 2 is 2.28 bits per heavy atom. The number of rotatable bonds is 3. The molecule has 3 aromatic heterocycles. The fourth-order valence-electron chi connectivity index (χ4n) is 1.62. The minimum absolute atomic E-state index is 0.571. The topological polar surface area (TPSA) is 97.5 Å². The van der Waals surface area contributed by atoms with Gasteiger partial charge in [-0.25, -0.2) is 4.98 Å². The van der Waals surface area contributed by atoms with Crippen LogP contribution in [-0.4, -0.2) is 40.4 Å². The second kappa shape index (κ2) is 3.73. The van der Waals surface area contributed by atoms with Crippen LogP contribution < -0.4 is 0 Å². The van der Waals surface area contributed by atoms with Crippen LogP contribution in [0.25, 0.3) is 5.65 Å². The highest BCUT2D eigenvalue weighted by Crippen LogP contribution is 2.38. The molecular formula is C9H8N8S. The lowest BCUT2D eigenvalue weighted by molar-refractivity contribution is 0.702. The summed E-state index contributed by atoms with van der Waals surface area (Å²) >= 11 is 1.39. The second-order valence-electron chi connectivity index (χ2n) is 4.08. The number of aromatic amines is 1. The van der Waals surface area contributed by atoms with E-state index in [9.17, 15) is 0 Å². The van der Waals surface area contributed by atoms with Gasteiger partial charge in [-0.15, -0.1) is 19.9 Å². The van der Waals surface area contributed by atoms with Crippen molar-refractivity contribution in [1.82, 2.24) is 40.4 Å². The molecule has 0 aliphatic heterocycles. The van der Waals surface area contributed by atoms with Crippen LogP contribution in [-0.2, 0) is 0 Å². The van der Waals surface area contributed by atoms with Gasteiger partial charge in [-0.05, 0) is 47.2 Å². The third kappa shape index (κ3) is 1.72. The van der Waals surface area contributed by atoms with Crippen LogP contribution in [0.3, 0.4) is 0 Å². The molecule has 1 aliphatic rings. The van der Waals surface area contributed by atoms with E-state index in [1.165, 1.54) is 29.2 Å². The van der Waals surface area contributed by atoms with E-state index in [-0.39, 0.29) is 0 Å². The number of hydrogen-bond donors (Lipinski definition) is 1. The van der Waals surface area contributed by atoms with Gasteiger partial charge in [-0.1, -0.05) is 0 Å². The average Bonchev–Trinajstić information content (AvgIpc) is 2.95. The van der Waals surface area contributed by atoms with Gasteiger partial charge in [0.2, 0.25) is 5.16 Å². The highest BCUT2D eigenvalue weighted by atomic mass is 32.2. The summed E-state index contributed by atoms with van der Waals surface area (Å²) in [5.74, 6) is 1.54. The van der Waals surface area contributed by atoms with Crippen molar-refractivity contribution < 1.29 is 0 Å². The molecule has 9 heteroatoms. The number of nitrogens with one attached hydrogen (secondary N) is 1. The predicted octanol–water partition coefficient (Wildman–Crippen LogP) is 0.666. The maximum Gasteiger partial charge on any atom is 0.214 e. The van der Waals surface area contributed by atoms with Crippen molar-refractivity contribution in [3.8, 4) is 0 Å². The van der Waals surface area contributed by atoms with Crippen LogP contribution >= 0.6 is 11.8 Å². The highest BCUT2D eigenvalue weighted by Gasteiger charge is 2.27. The van der Waals surface area contributed by atoms with E-state index in [1.54, 1.807) is 0 Å². The molecule has 8 nitrogen and oxygen atoms in total. The first-order valence-electron chi connectivity index (χ1n) is 5.54. The molecule has 0 unspecified atom stereocenters. The molecule has 0 aromatic carbocycles. The molecule has 0 spiro atoms. The standard InChI is InChI=1S/C9H8N8S/c1-2-5(1)8-10-9(13-12-8)18-7-4-3-6-11-15-16-17(6)14-7/h3-5H,1-2H2,(H,10,12,13). The van der Waals surface area contributed by atoms with Crippen molar-refractivity contribution >= 4 is 17.4 Å². The Morgan fingerprint density at radius 3 is 3.17 bits per heavy atom. The Hall–Kier alpha value is -2.03. The molecule has 0 amide bonds. The molecule has 1 N–H and O–H groups in total. The Kier molecular flexibility index (Phi) is 2.06. The van der Waals surface area contributed by atoms with Gasteiger partial charge in [0, 0.05) is 5.92 Å². The van der Waals surface area contributed by atoms with Crippen LogP contribution in [0.1, 0.15) is 24.6 Å². The van der Waals surface area contributed by atoms with E-state index < -0.39 is 0 Å². The van der Waals surface area contributed by atoms with Gasteiger partial charge < -0.3 is 0 Å². The number of aromatic nitrogens is 8. The average molecular weight is 260 g/mol. The minimum Gasteiger partial charge on any atom is -0.262 e. The van der Waals surface area contributed by atoms with Crippen molar-refractivity contribution in [1.29, 1.82) is 0 Å². The molecule has 18 heavy (non-hydrogen) atoms. The molecule has 90 valence electrons. The molecule has 1 saturated carbocycles. The fraction of sp³-hybridized carbons (Fsp3) is 0.333. The zero-order chi connectivity index (χ0) is 11.9. The number of H-pyrrole nitrogens is 1. The first-order chi connectivity index (χ1) is 8.88. The summed E-state index contributed by atoms with van der Waals surface area (Å²) < 4.78 is 1.39. The van der Waals surface area contributed by atoms with Gasteiger partial charge in [0.15, 0.2) is 5.65 Å². The Bertz CT molecular complexity index is 699. The first kappa shape index (κ1) is 9.95. The largest absolute Gasteiger partial charge is 0.262 e. The van der Waals surface area contributed by atoms with E-state index >= 15 is 0 Å². The maximum absolute atomic E-state index is 4.43. The number of nitrogens with zero attached hydrogens (tertiary/aromatic N) is 7. The summed E-state index contributed by atoms with van der Waals surface area (Å²) in [7, 11) is 0. The van der Waals surface area contributed by atoms with Crippen molar-refractivity contribution in [3.05, 3.63) is 18.0 Å². The van der Waals surface area contributed by atoms with Gasteiger partial charge in [-0.2, -0.15) is 0 Å². The molecule has 1 aliphatic carbocycles. The zero-order valence-electron chi connectivity index (χ0n) is 9.19. The number of tetrazole rings is 1. The summed E-state index contributed by atoms with van der Waals surface area (Å²) in [5, 5.41) is 23.9. The van der Waals surface area contributed by atoms with Crippen molar-refractivity contribution in [2.45, 2.75) is 28.9 Å². The van der Waals surface area contributed by atoms with E-state index in [1.807, 2.05) is 12.1 Å². The Labute approximate surface area is 105 Å². The summed E-state index contributed by atoms with van der Waals surface area (Å²) in [6, 6.07) is 3.66. The lowest BCUT2D eigenvalue weighted by atomic mass is 10.4. The number of fused-ring (bicyclic) bond motifs is 1. The third-order valence-electron chi connectivity index (χ3n) is 2.69. The van der Waals surface area contributed by atoms with Crippen LogP contribution in [0.5, 0.6) is 0 Å². The fourth-order valence-corrected chi connectivity index (χ4v) is 2.30. The monoisotopic (exact) mass is 260 g/mol. The van der Waals surface area contributed by atoms with Crippen LogP contribution in [0.4, 0.5) is 0 Å². The molecule has 0 radical (unpaired) electrons. The van der Waals surface area contributed by atoms with Crippen molar-refractivity contribution in [3.63, 3.8) is 0 Å². The Balaban J connectivity index is 1.61. The van der Waals surface area contributed by atoms with Crippen molar-refractivity contribution in [2.24, 2.45) is 0 Å². The molecule has 0 saturated heterocycles. The van der Waals surface area contributed by atoms with Crippen LogP contribution in [0, 0.1) is 0 Å². The summed E-state index contributed by atoms with van der Waals surface area (Å²) in [4.78, 5) is 4.43. The molecule has 0 atom stereocenters. The molecular weight excluding hydrogens is 252 g/mol. The molecule has 0 bridgehead atoms. The quantitative estimate of drug-likeness (QED) is 0.738. The summed E-state index contributed by atoms with van der Waals surface area (Å²) in [6.07, 6.45) is 2.41. The minimum atomic E-state index is 0.571. The molecule has 3 heterocycles. The zero-order valence-corrected chi connectivity index (χ0v) is 10.0. The molecule has 1 fully saturated rings. The highest BCUT2D eigenvalue weighted by molar-refractivity contribution is 7.99. The van der Waals surface area contributed by atoms with Gasteiger partial charge in [-0.3, -0.25) is 5.10 Å². The predicted molar refractivity (Wildman–Crippen MR) is 61.1 cm³/mol. The van der Waals surface area contributed by atoms with Gasteiger partial charge in [0.05, 0.1) is 0 Å². The smallest absolute Gasteiger partial charge is 0.214 e. The lowest BCUT2D eigenvalue weighted by Crippen LogP contribution is -1.95. The first-order valence-corrected chi connectivity index (χ1v) is 6.36. The normalized spacial score (nSPS) is 15.3. The summed E-state index contributed by atoms with van der Waals surface area (Å²) in [5.41, 5.74) is 0.619. The maximum atomic E-state index is 4.43.